The van der Waals surface area contributed by atoms with Crippen molar-refractivity contribution in [3.63, 3.8) is 0 Å². The average Bonchev–Trinajstić information content (AvgIpc) is 2.33. The molecular weight excluding hydrogens is 281 g/mol. The van der Waals surface area contributed by atoms with Gasteiger partial charge in [0.2, 0.25) is 0 Å². The number of benzene rings is 1. The molecule has 1 rings (SSSR count). The second-order valence-corrected chi connectivity index (χ2v) is 5.41. The zero-order valence-electron chi connectivity index (χ0n) is 11.9. The lowest BCUT2D eigenvalue weighted by Crippen LogP contribution is -2.52. The summed E-state index contributed by atoms with van der Waals surface area (Å²) >= 11 is 0. The summed E-state index contributed by atoms with van der Waals surface area (Å²) in [5.74, 6) is -2.54. The van der Waals surface area contributed by atoms with Gasteiger partial charge in [-0.05, 0) is 26.8 Å². The van der Waals surface area contributed by atoms with Gasteiger partial charge in [-0.1, -0.05) is 18.2 Å². The van der Waals surface area contributed by atoms with Gasteiger partial charge in [-0.2, -0.15) is 0 Å². The third-order valence-electron chi connectivity index (χ3n) is 2.47. The molecule has 21 heavy (non-hydrogen) atoms. The Kier molecular flexibility index (Phi) is 5.26. The normalized spacial score (nSPS) is 14.1. The van der Waals surface area contributed by atoms with Crippen LogP contribution in [-0.4, -0.2) is 28.8 Å². The summed E-state index contributed by atoms with van der Waals surface area (Å²) in [4.78, 5) is 22.6. The highest BCUT2D eigenvalue weighted by Crippen LogP contribution is 2.20. The number of carbonyl (C=O) groups is 2. The first-order chi connectivity index (χ1) is 9.61. The Morgan fingerprint density at radius 2 is 1.90 bits per heavy atom. The van der Waals surface area contributed by atoms with E-state index in [1.165, 1.54) is 18.2 Å². The molecule has 0 fully saturated rings. The maximum Gasteiger partial charge on any atom is 0.408 e. The molecule has 0 saturated carbocycles. The zero-order valence-corrected chi connectivity index (χ0v) is 11.9. The number of nitrogens with one attached hydrogen (secondary N) is 1. The van der Waals surface area contributed by atoms with Gasteiger partial charge in [0.05, 0.1) is 5.97 Å². The van der Waals surface area contributed by atoms with E-state index in [4.69, 9.17) is 4.74 Å². The molecule has 0 unspecified atom stereocenters. The molecule has 1 amide bonds. The van der Waals surface area contributed by atoms with Crippen LogP contribution in [-0.2, 0) is 9.53 Å². The molecule has 1 aromatic rings. The van der Waals surface area contributed by atoms with Crippen LogP contribution in [0.2, 0.25) is 0 Å². The monoisotopic (exact) mass is 298 g/mol. The van der Waals surface area contributed by atoms with E-state index in [0.29, 0.717) is 0 Å². The standard InChI is InChI=1S/C14H18FNO5/c1-14(2,3)21-13(20)16-10(12(18)19)11(17)8-6-4-5-7-9(8)15/h4-7,10-11,17H,1-3H3,(H,16,20)(H,18,19)/p-1/t10-,11-/m0/s1. The molecule has 0 spiro atoms. The molecule has 7 heteroatoms. The maximum absolute atomic E-state index is 13.6. The highest BCUT2D eigenvalue weighted by molar-refractivity contribution is 5.79. The van der Waals surface area contributed by atoms with E-state index in [1.54, 1.807) is 20.8 Å². The Morgan fingerprint density at radius 1 is 1.33 bits per heavy atom. The van der Waals surface area contributed by atoms with E-state index in [9.17, 15) is 24.2 Å². The minimum absolute atomic E-state index is 0.261. The average molecular weight is 298 g/mol. The molecule has 6 nitrogen and oxygen atoms in total. The SMILES string of the molecule is CC(C)(C)OC(=O)N[C@H](C(=O)[O-])[C@@H](O)c1ccccc1F. The highest BCUT2D eigenvalue weighted by Gasteiger charge is 2.28. The summed E-state index contributed by atoms with van der Waals surface area (Å²) in [7, 11) is 0. The van der Waals surface area contributed by atoms with E-state index >= 15 is 0 Å². The summed E-state index contributed by atoms with van der Waals surface area (Å²) in [6.45, 7) is 4.77. The first kappa shape index (κ1) is 16.9. The van der Waals surface area contributed by atoms with Crippen molar-refractivity contribution in [3.05, 3.63) is 35.6 Å². The van der Waals surface area contributed by atoms with Crippen molar-refractivity contribution in [1.29, 1.82) is 0 Å². The number of carboxylic acid groups (broad SMARTS) is 1. The largest absolute Gasteiger partial charge is 0.548 e. The molecule has 0 aliphatic rings. The predicted molar refractivity (Wildman–Crippen MR) is 69.5 cm³/mol. The van der Waals surface area contributed by atoms with Crippen LogP contribution in [0.15, 0.2) is 24.3 Å². The molecule has 2 atom stereocenters. The van der Waals surface area contributed by atoms with Crippen molar-refractivity contribution < 1.29 is 28.9 Å². The first-order valence-electron chi connectivity index (χ1n) is 6.24. The topological polar surface area (TPSA) is 98.7 Å². The number of alkyl carbamates (subject to hydrolysis) is 1. The number of halogens is 1. The summed E-state index contributed by atoms with van der Waals surface area (Å²) in [6, 6.07) is 3.27. The van der Waals surface area contributed by atoms with Crippen LogP contribution in [0.5, 0.6) is 0 Å². The fourth-order valence-electron chi connectivity index (χ4n) is 1.60. The molecular formula is C14H17FNO5-. The van der Waals surface area contributed by atoms with Crippen LogP contribution in [0, 0.1) is 5.82 Å². The Labute approximate surface area is 121 Å². The number of rotatable bonds is 4. The van der Waals surface area contributed by atoms with Crippen molar-refractivity contribution >= 4 is 12.1 Å². The number of amides is 1. The first-order valence-corrected chi connectivity index (χ1v) is 6.24. The van der Waals surface area contributed by atoms with Gasteiger partial charge in [0.15, 0.2) is 0 Å². The molecule has 0 aromatic heterocycles. The van der Waals surface area contributed by atoms with Crippen LogP contribution in [0.3, 0.4) is 0 Å². The van der Waals surface area contributed by atoms with Gasteiger partial charge in [-0.25, -0.2) is 9.18 Å². The number of carbonyl (C=O) groups excluding carboxylic acids is 2. The van der Waals surface area contributed by atoms with Gasteiger partial charge < -0.3 is 25.1 Å². The third kappa shape index (κ3) is 5.03. The molecule has 0 heterocycles. The second kappa shape index (κ2) is 6.53. The fraction of sp³-hybridized carbons (Fsp3) is 0.429. The number of ether oxygens (including phenoxy) is 1. The number of aliphatic hydroxyl groups is 1. The van der Waals surface area contributed by atoms with Gasteiger partial charge >= 0.3 is 6.09 Å². The van der Waals surface area contributed by atoms with Crippen LogP contribution < -0.4 is 10.4 Å². The van der Waals surface area contributed by atoms with Gasteiger partial charge in [0.1, 0.15) is 23.6 Å². The minimum atomic E-state index is -1.84. The summed E-state index contributed by atoms with van der Waals surface area (Å²) in [5.41, 5.74) is -1.11. The third-order valence-corrected chi connectivity index (χ3v) is 2.47. The lowest BCUT2D eigenvalue weighted by Gasteiger charge is -2.27. The minimum Gasteiger partial charge on any atom is -0.548 e. The van der Waals surface area contributed by atoms with Gasteiger partial charge in [-0.3, -0.25) is 0 Å². The highest BCUT2D eigenvalue weighted by atomic mass is 19.1. The van der Waals surface area contributed by atoms with E-state index in [-0.39, 0.29) is 5.56 Å². The zero-order chi connectivity index (χ0) is 16.2. The lowest BCUT2D eigenvalue weighted by atomic mass is 10.0. The quantitative estimate of drug-likeness (QED) is 0.843. The Balaban J connectivity index is 2.90. The van der Waals surface area contributed by atoms with Gasteiger partial charge in [-0.15, -0.1) is 0 Å². The van der Waals surface area contributed by atoms with Crippen molar-refractivity contribution in [2.75, 3.05) is 0 Å². The van der Waals surface area contributed by atoms with Crippen LogP contribution in [0.1, 0.15) is 32.4 Å². The second-order valence-electron chi connectivity index (χ2n) is 5.41. The fourth-order valence-corrected chi connectivity index (χ4v) is 1.60. The molecule has 2 N–H and O–H groups in total. The number of carboxylic acids is 1. The van der Waals surface area contributed by atoms with Crippen LogP contribution >= 0.6 is 0 Å². The summed E-state index contributed by atoms with van der Waals surface area (Å²) in [5, 5.41) is 23.0. The van der Waals surface area contributed by atoms with Gasteiger partial charge in [0.25, 0.3) is 0 Å². The molecule has 1 aromatic carbocycles. The Hall–Kier alpha value is -2.15. The van der Waals surface area contributed by atoms with E-state index in [1.807, 2.05) is 5.32 Å². The van der Waals surface area contributed by atoms with E-state index in [0.717, 1.165) is 6.07 Å². The van der Waals surface area contributed by atoms with Gasteiger partial charge in [0, 0.05) is 5.56 Å². The van der Waals surface area contributed by atoms with Crippen LogP contribution in [0.4, 0.5) is 9.18 Å². The summed E-state index contributed by atoms with van der Waals surface area (Å²) in [6.07, 6.45) is -2.85. The smallest absolute Gasteiger partial charge is 0.408 e. The van der Waals surface area contributed by atoms with Crippen molar-refractivity contribution in [3.8, 4) is 0 Å². The number of hydrogen-bond donors (Lipinski definition) is 2. The van der Waals surface area contributed by atoms with Crippen molar-refractivity contribution in [2.45, 2.75) is 38.5 Å². The molecule has 0 radical (unpaired) electrons. The number of aliphatic hydroxyl groups excluding tert-OH is 1. The van der Waals surface area contributed by atoms with Crippen molar-refractivity contribution in [2.24, 2.45) is 0 Å². The Bertz CT molecular complexity index is 526. The maximum atomic E-state index is 13.6. The summed E-state index contributed by atoms with van der Waals surface area (Å²) < 4.78 is 18.4. The molecule has 0 aliphatic carbocycles. The number of hydrogen-bond acceptors (Lipinski definition) is 5. The molecule has 0 aliphatic heterocycles. The molecule has 116 valence electrons. The van der Waals surface area contributed by atoms with Crippen molar-refractivity contribution in [1.82, 2.24) is 5.32 Å². The lowest BCUT2D eigenvalue weighted by molar-refractivity contribution is -0.310. The van der Waals surface area contributed by atoms with Crippen LogP contribution in [0.25, 0.3) is 0 Å². The van der Waals surface area contributed by atoms with E-state index < -0.39 is 35.6 Å². The predicted octanol–water partition coefficient (Wildman–Crippen LogP) is 0.502. The van der Waals surface area contributed by atoms with E-state index in [2.05, 4.69) is 0 Å². The molecule has 0 saturated heterocycles. The Morgan fingerprint density at radius 3 is 2.38 bits per heavy atom. The number of aliphatic carboxylic acids is 1. The molecule has 0 bridgehead atoms.